The molecule has 2 amide bonds. The highest BCUT2D eigenvalue weighted by Gasteiger charge is 2.25. The molecule has 2 aliphatic rings. The molecule has 3 rings (SSSR count). The number of esters is 1. The Balaban J connectivity index is 1.65. The van der Waals surface area contributed by atoms with Crippen molar-refractivity contribution in [1.82, 2.24) is 10.6 Å². The average Bonchev–Trinajstić information content (AvgIpc) is 3.19. The van der Waals surface area contributed by atoms with Gasteiger partial charge in [-0.1, -0.05) is 19.3 Å². The second-order valence-corrected chi connectivity index (χ2v) is 9.57. The minimum absolute atomic E-state index is 0.109. The average molecular weight is 567 g/mol. The van der Waals surface area contributed by atoms with Crippen LogP contribution in [0.25, 0.3) is 0 Å². The minimum Gasteiger partial charge on any atom is -0.490 e. The molecule has 0 radical (unpaired) electrons. The van der Waals surface area contributed by atoms with Gasteiger partial charge in [-0.25, -0.2) is 4.79 Å². The zero-order valence-corrected chi connectivity index (χ0v) is 21.9. The summed E-state index contributed by atoms with van der Waals surface area (Å²) in [6.45, 7) is 2.15. The molecule has 1 heterocycles. The van der Waals surface area contributed by atoms with Crippen LogP contribution in [0.4, 0.5) is 0 Å². The van der Waals surface area contributed by atoms with E-state index in [1.54, 1.807) is 12.1 Å². The molecular weight excluding hydrogens is 540 g/mol. The van der Waals surface area contributed by atoms with Gasteiger partial charge in [0.15, 0.2) is 23.3 Å². The van der Waals surface area contributed by atoms with Gasteiger partial charge in [0.05, 0.1) is 24.8 Å². The zero-order valence-electron chi connectivity index (χ0n) is 19.5. The molecule has 1 aromatic rings. The van der Waals surface area contributed by atoms with Crippen molar-refractivity contribution in [3.8, 4) is 11.5 Å². The molecule has 1 aliphatic heterocycles. The molecule has 0 spiro atoms. The van der Waals surface area contributed by atoms with Gasteiger partial charge in [-0.3, -0.25) is 14.9 Å². The van der Waals surface area contributed by atoms with Gasteiger partial charge in [0.25, 0.3) is 11.8 Å². The summed E-state index contributed by atoms with van der Waals surface area (Å²) in [7, 11) is 1.23. The van der Waals surface area contributed by atoms with Crippen LogP contribution < -0.4 is 20.1 Å². The first-order valence-electron chi connectivity index (χ1n) is 11.2. The topological polar surface area (TPSA) is 128 Å². The number of nitrogens with one attached hydrogen (secondary N) is 2. The van der Waals surface area contributed by atoms with Gasteiger partial charge in [0.1, 0.15) is 0 Å². The Bertz CT molecular complexity index is 1050. The highest BCUT2D eigenvalue weighted by Crippen LogP contribution is 2.33. The summed E-state index contributed by atoms with van der Waals surface area (Å²) in [6.07, 6.45) is 8.07. The van der Waals surface area contributed by atoms with Gasteiger partial charge >= 0.3 is 5.97 Å². The van der Waals surface area contributed by atoms with Gasteiger partial charge in [-0.15, -0.1) is 5.10 Å². The quantitative estimate of drug-likeness (QED) is 0.203. The van der Waals surface area contributed by atoms with E-state index in [-0.39, 0.29) is 28.6 Å². The van der Waals surface area contributed by atoms with Crippen molar-refractivity contribution in [2.45, 2.75) is 45.1 Å². The summed E-state index contributed by atoms with van der Waals surface area (Å²) in [5, 5.41) is 13.8. The van der Waals surface area contributed by atoms with E-state index in [0.29, 0.717) is 28.1 Å². The van der Waals surface area contributed by atoms with Gasteiger partial charge in [-0.05, 0) is 59.6 Å². The first kappa shape index (κ1) is 26.7. The highest BCUT2D eigenvalue weighted by atomic mass is 79.9. The van der Waals surface area contributed by atoms with Crippen LogP contribution in [-0.2, 0) is 19.1 Å². The lowest BCUT2D eigenvalue weighted by molar-refractivity contribution is -0.135. The van der Waals surface area contributed by atoms with Crippen molar-refractivity contribution in [2.24, 2.45) is 10.2 Å². The van der Waals surface area contributed by atoms with E-state index in [1.165, 1.54) is 19.7 Å². The fourth-order valence-corrected chi connectivity index (χ4v) is 4.64. The number of amides is 2. The number of methoxy groups -OCH3 is 1. The van der Waals surface area contributed by atoms with Crippen molar-refractivity contribution in [2.75, 3.05) is 20.3 Å². The van der Waals surface area contributed by atoms with Crippen molar-refractivity contribution in [3.63, 3.8) is 0 Å². The second-order valence-electron chi connectivity index (χ2n) is 7.68. The molecule has 188 valence electrons. The molecule has 0 atom stereocenters. The molecule has 0 aromatic heterocycles. The van der Waals surface area contributed by atoms with Crippen LogP contribution in [0.15, 0.2) is 37.8 Å². The second kappa shape index (κ2) is 13.3. The molecule has 0 bridgehead atoms. The number of hydrogen-bond donors (Lipinski definition) is 2. The molecule has 1 saturated heterocycles. The number of hydrogen-bond acceptors (Lipinski definition) is 9. The number of halogens is 1. The lowest BCUT2D eigenvalue weighted by atomic mass is 9.95. The van der Waals surface area contributed by atoms with Crippen LogP contribution in [0, 0.1) is 0 Å². The predicted molar refractivity (Wildman–Crippen MR) is 137 cm³/mol. The number of benzene rings is 1. The maximum atomic E-state index is 12.3. The summed E-state index contributed by atoms with van der Waals surface area (Å²) in [4.78, 5) is 35.7. The fourth-order valence-electron chi connectivity index (χ4n) is 3.48. The summed E-state index contributed by atoms with van der Waals surface area (Å²) < 4.78 is 16.6. The van der Waals surface area contributed by atoms with Gasteiger partial charge in [0.2, 0.25) is 0 Å². The van der Waals surface area contributed by atoms with Gasteiger partial charge in [-0.2, -0.15) is 5.10 Å². The monoisotopic (exact) mass is 566 g/mol. The molecule has 2 N–H and O–H groups in total. The molecule has 12 heteroatoms. The Labute approximate surface area is 216 Å². The van der Waals surface area contributed by atoms with E-state index in [4.69, 9.17) is 9.47 Å². The highest BCUT2D eigenvalue weighted by molar-refractivity contribution is 9.10. The van der Waals surface area contributed by atoms with E-state index < -0.39 is 11.9 Å². The first-order valence-corrected chi connectivity index (χ1v) is 12.8. The Kier molecular flexibility index (Phi) is 10.2. The van der Waals surface area contributed by atoms with Crippen LogP contribution >= 0.6 is 27.7 Å². The van der Waals surface area contributed by atoms with Crippen LogP contribution in [0.1, 0.15) is 44.6 Å². The fraction of sp³-hybridized carbons (Fsp3) is 0.435. The number of amidine groups is 1. The van der Waals surface area contributed by atoms with Crippen LogP contribution in [-0.4, -0.2) is 55.5 Å². The molecule has 35 heavy (non-hydrogen) atoms. The maximum absolute atomic E-state index is 12.3. The lowest BCUT2D eigenvalue weighted by Crippen LogP contribution is -2.39. The first-order chi connectivity index (χ1) is 16.9. The third-order valence-electron chi connectivity index (χ3n) is 5.14. The van der Waals surface area contributed by atoms with E-state index in [1.807, 2.05) is 6.92 Å². The molecule has 1 aromatic carbocycles. The normalized spacial score (nSPS) is 18.7. The predicted octanol–water partition coefficient (Wildman–Crippen LogP) is 3.29. The van der Waals surface area contributed by atoms with Crippen molar-refractivity contribution < 1.29 is 28.6 Å². The molecule has 1 aliphatic carbocycles. The number of carbonyl (C=O) groups is 3. The van der Waals surface area contributed by atoms with E-state index >= 15 is 0 Å². The number of carbonyl (C=O) groups excluding carboxylic acids is 3. The standard InChI is InChI=1S/C23H27BrN4O6S/c1-3-33-17-9-14(12-25-28-23-27-22(31)19(35-23)11-21(30)32-2)16(24)10-18(17)34-13-20(29)26-15-7-5-4-6-8-15/h9-12,15H,3-8,13H2,1-2H3,(H,26,29)(H,27,28,31)/b19-11+,25-12?. The third kappa shape index (κ3) is 8.10. The van der Waals surface area contributed by atoms with Crippen LogP contribution in [0.3, 0.4) is 0 Å². The Hall–Kier alpha value is -2.86. The smallest absolute Gasteiger partial charge is 0.331 e. The largest absolute Gasteiger partial charge is 0.490 e. The van der Waals surface area contributed by atoms with Gasteiger partial charge < -0.3 is 19.5 Å². The molecule has 0 unspecified atom stereocenters. The maximum Gasteiger partial charge on any atom is 0.331 e. The number of rotatable bonds is 9. The summed E-state index contributed by atoms with van der Waals surface area (Å²) in [5.41, 5.74) is 0.649. The zero-order chi connectivity index (χ0) is 25.2. The minimum atomic E-state index is -0.631. The Morgan fingerprint density at radius 1 is 1.23 bits per heavy atom. The van der Waals surface area contributed by atoms with Crippen LogP contribution in [0.5, 0.6) is 11.5 Å². The number of nitrogens with zero attached hydrogens (tertiary/aromatic N) is 2. The molecular formula is C23H27BrN4O6S. The molecule has 2 fully saturated rings. The van der Waals surface area contributed by atoms with E-state index in [0.717, 1.165) is 43.5 Å². The Morgan fingerprint density at radius 2 is 1.97 bits per heavy atom. The van der Waals surface area contributed by atoms with Gasteiger partial charge in [0, 0.05) is 22.2 Å². The number of ether oxygens (including phenoxy) is 3. The van der Waals surface area contributed by atoms with Crippen molar-refractivity contribution >= 4 is 56.9 Å². The molecule has 10 nitrogen and oxygen atoms in total. The number of thioether (sulfide) groups is 1. The lowest BCUT2D eigenvalue weighted by Gasteiger charge is -2.22. The summed E-state index contributed by atoms with van der Waals surface area (Å²) in [5.74, 6) is -0.357. The Morgan fingerprint density at radius 3 is 2.69 bits per heavy atom. The van der Waals surface area contributed by atoms with Crippen molar-refractivity contribution in [1.29, 1.82) is 0 Å². The third-order valence-corrected chi connectivity index (χ3v) is 6.73. The SMILES string of the molecule is CCOc1cc(C=N/N=C2/NC(=O)/C(=C\C(=O)OC)S2)c(Br)cc1OCC(=O)NC1CCCCC1. The summed E-state index contributed by atoms with van der Waals surface area (Å²) >= 11 is 4.45. The van der Waals surface area contributed by atoms with E-state index in [2.05, 4.69) is 41.5 Å². The van der Waals surface area contributed by atoms with E-state index in [9.17, 15) is 14.4 Å². The van der Waals surface area contributed by atoms with Crippen molar-refractivity contribution in [3.05, 3.63) is 33.2 Å². The van der Waals surface area contributed by atoms with Crippen LogP contribution in [0.2, 0.25) is 0 Å². The molecule has 1 saturated carbocycles. The summed E-state index contributed by atoms with van der Waals surface area (Å²) in [6, 6.07) is 3.64.